The molecule has 0 bridgehead atoms. The third-order valence-corrected chi connectivity index (χ3v) is 4.64. The van der Waals surface area contributed by atoms with E-state index in [0.29, 0.717) is 12.1 Å². The molecule has 114 valence electrons. The zero-order valence-electron chi connectivity index (χ0n) is 12.9. The number of hydrogen-bond donors (Lipinski definition) is 1. The van der Waals surface area contributed by atoms with Crippen LogP contribution >= 0.6 is 0 Å². The number of carbonyl (C=O) groups is 1. The van der Waals surface area contributed by atoms with Crippen molar-refractivity contribution in [2.24, 2.45) is 0 Å². The molecule has 21 heavy (non-hydrogen) atoms. The van der Waals surface area contributed by atoms with Crippen LogP contribution in [0.3, 0.4) is 0 Å². The van der Waals surface area contributed by atoms with Crippen LogP contribution in [-0.4, -0.2) is 36.5 Å². The van der Waals surface area contributed by atoms with Gasteiger partial charge in [-0.25, -0.2) is 0 Å². The lowest BCUT2D eigenvalue weighted by molar-refractivity contribution is -0.129. The monoisotopic (exact) mass is 288 g/mol. The number of nitrogens with zero attached hydrogens (tertiary/aromatic N) is 1. The van der Waals surface area contributed by atoms with E-state index >= 15 is 0 Å². The predicted octanol–water partition coefficient (Wildman–Crippen LogP) is 2.28. The van der Waals surface area contributed by atoms with Crippen molar-refractivity contribution in [3.63, 3.8) is 0 Å². The van der Waals surface area contributed by atoms with Crippen molar-refractivity contribution in [3.8, 4) is 5.75 Å². The van der Waals surface area contributed by atoms with Crippen molar-refractivity contribution in [1.82, 2.24) is 10.2 Å². The summed E-state index contributed by atoms with van der Waals surface area (Å²) in [6, 6.07) is 7.36. The average Bonchev–Trinajstić information content (AvgIpc) is 2.95. The van der Waals surface area contributed by atoms with Crippen molar-refractivity contribution in [2.45, 2.75) is 45.2 Å². The fourth-order valence-corrected chi connectivity index (χ4v) is 3.29. The molecule has 1 N–H and O–H groups in total. The second kappa shape index (κ2) is 6.06. The SMILES string of the molecule is CC(=O)N1CCC(N[C@H](C)c2ccc3c(c2)CCO3)CC1. The van der Waals surface area contributed by atoms with E-state index in [1.165, 1.54) is 11.1 Å². The summed E-state index contributed by atoms with van der Waals surface area (Å²) in [4.78, 5) is 13.3. The van der Waals surface area contributed by atoms with Gasteiger partial charge in [0.05, 0.1) is 6.61 Å². The van der Waals surface area contributed by atoms with Crippen molar-refractivity contribution in [1.29, 1.82) is 0 Å². The van der Waals surface area contributed by atoms with E-state index in [4.69, 9.17) is 4.74 Å². The van der Waals surface area contributed by atoms with Gasteiger partial charge in [-0.3, -0.25) is 4.79 Å². The van der Waals surface area contributed by atoms with E-state index in [1.54, 1.807) is 6.92 Å². The average molecular weight is 288 g/mol. The molecule has 0 unspecified atom stereocenters. The molecule has 0 spiro atoms. The lowest BCUT2D eigenvalue weighted by atomic mass is 10.00. The van der Waals surface area contributed by atoms with Gasteiger partial charge in [-0.1, -0.05) is 12.1 Å². The summed E-state index contributed by atoms with van der Waals surface area (Å²) in [6.07, 6.45) is 3.10. The Kier molecular flexibility index (Phi) is 4.15. The molecule has 2 heterocycles. The summed E-state index contributed by atoms with van der Waals surface area (Å²) in [5, 5.41) is 3.71. The van der Waals surface area contributed by atoms with Crippen molar-refractivity contribution < 1.29 is 9.53 Å². The lowest BCUT2D eigenvalue weighted by Gasteiger charge is -2.33. The number of hydrogen-bond acceptors (Lipinski definition) is 3. The molecule has 3 rings (SSSR count). The first-order valence-corrected chi connectivity index (χ1v) is 7.90. The molecule has 2 aliphatic rings. The van der Waals surface area contributed by atoms with Gasteiger partial charge in [0.1, 0.15) is 5.75 Å². The van der Waals surface area contributed by atoms with Crippen LogP contribution in [0.1, 0.15) is 43.9 Å². The minimum absolute atomic E-state index is 0.195. The second-order valence-corrected chi connectivity index (χ2v) is 6.13. The molecular weight excluding hydrogens is 264 g/mol. The number of fused-ring (bicyclic) bond motifs is 1. The summed E-state index contributed by atoms with van der Waals surface area (Å²) in [6.45, 7) is 6.43. The van der Waals surface area contributed by atoms with E-state index < -0.39 is 0 Å². The van der Waals surface area contributed by atoms with Gasteiger partial charge in [-0.05, 0) is 37.0 Å². The predicted molar refractivity (Wildman–Crippen MR) is 82.5 cm³/mol. The second-order valence-electron chi connectivity index (χ2n) is 6.13. The fourth-order valence-electron chi connectivity index (χ4n) is 3.29. The van der Waals surface area contributed by atoms with Crippen molar-refractivity contribution >= 4 is 5.91 Å². The number of benzene rings is 1. The Labute approximate surface area is 126 Å². The van der Waals surface area contributed by atoms with Gasteiger partial charge in [0, 0.05) is 38.5 Å². The minimum atomic E-state index is 0.195. The van der Waals surface area contributed by atoms with Crippen LogP contribution in [0.4, 0.5) is 0 Å². The Morgan fingerprint density at radius 1 is 1.38 bits per heavy atom. The Bertz CT molecular complexity index is 522. The highest BCUT2D eigenvalue weighted by atomic mass is 16.5. The number of rotatable bonds is 3. The van der Waals surface area contributed by atoms with Gasteiger partial charge in [0.2, 0.25) is 5.91 Å². The normalized spacial score (nSPS) is 20.0. The van der Waals surface area contributed by atoms with E-state index in [9.17, 15) is 4.79 Å². The summed E-state index contributed by atoms with van der Waals surface area (Å²) in [5.74, 6) is 1.24. The Morgan fingerprint density at radius 2 is 2.14 bits per heavy atom. The summed E-state index contributed by atoms with van der Waals surface area (Å²) >= 11 is 0. The first-order valence-electron chi connectivity index (χ1n) is 7.90. The lowest BCUT2D eigenvalue weighted by Crippen LogP contribution is -2.44. The molecular formula is C17H24N2O2. The number of amides is 1. The Balaban J connectivity index is 1.57. The van der Waals surface area contributed by atoms with Crippen LogP contribution in [0.5, 0.6) is 5.75 Å². The van der Waals surface area contributed by atoms with Gasteiger partial charge in [0.15, 0.2) is 0 Å². The number of ether oxygens (including phenoxy) is 1. The topological polar surface area (TPSA) is 41.6 Å². The summed E-state index contributed by atoms with van der Waals surface area (Å²) in [5.41, 5.74) is 2.65. The zero-order valence-corrected chi connectivity index (χ0v) is 12.9. The molecule has 0 radical (unpaired) electrons. The third-order valence-electron chi connectivity index (χ3n) is 4.64. The van der Waals surface area contributed by atoms with Gasteiger partial charge in [-0.15, -0.1) is 0 Å². The third kappa shape index (κ3) is 3.21. The highest BCUT2D eigenvalue weighted by Gasteiger charge is 2.22. The Hall–Kier alpha value is -1.55. The van der Waals surface area contributed by atoms with Gasteiger partial charge in [0.25, 0.3) is 0 Å². The van der Waals surface area contributed by atoms with Crippen LogP contribution < -0.4 is 10.1 Å². The van der Waals surface area contributed by atoms with Crippen LogP contribution in [0.15, 0.2) is 18.2 Å². The number of likely N-dealkylation sites (tertiary alicyclic amines) is 1. The molecule has 1 amide bonds. The molecule has 1 aromatic carbocycles. The molecule has 2 aliphatic heterocycles. The molecule has 4 nitrogen and oxygen atoms in total. The van der Waals surface area contributed by atoms with E-state index in [2.05, 4.69) is 30.4 Å². The molecule has 4 heteroatoms. The summed E-state index contributed by atoms with van der Waals surface area (Å²) in [7, 11) is 0. The molecule has 0 aliphatic carbocycles. The molecule has 1 aromatic rings. The van der Waals surface area contributed by atoms with Crippen LogP contribution in [0.2, 0.25) is 0 Å². The van der Waals surface area contributed by atoms with E-state index in [0.717, 1.165) is 44.7 Å². The highest BCUT2D eigenvalue weighted by molar-refractivity contribution is 5.73. The summed E-state index contributed by atoms with van der Waals surface area (Å²) < 4.78 is 5.56. The molecule has 1 atom stereocenters. The smallest absolute Gasteiger partial charge is 0.219 e. The molecule has 1 fully saturated rings. The first-order chi connectivity index (χ1) is 10.1. The molecule has 1 saturated heterocycles. The van der Waals surface area contributed by atoms with Gasteiger partial charge in [-0.2, -0.15) is 0 Å². The first kappa shape index (κ1) is 14.4. The van der Waals surface area contributed by atoms with Crippen LogP contribution in [0, 0.1) is 0 Å². The number of piperidine rings is 1. The number of nitrogens with one attached hydrogen (secondary N) is 1. The minimum Gasteiger partial charge on any atom is -0.493 e. The molecule has 0 aromatic heterocycles. The maximum absolute atomic E-state index is 11.4. The fraction of sp³-hybridized carbons (Fsp3) is 0.588. The number of carbonyl (C=O) groups excluding carboxylic acids is 1. The van der Waals surface area contributed by atoms with Crippen molar-refractivity contribution in [3.05, 3.63) is 29.3 Å². The standard InChI is InChI=1S/C17H24N2O2/c1-12(14-3-4-17-15(11-14)7-10-21-17)18-16-5-8-19(9-6-16)13(2)20/h3-4,11-12,16,18H,5-10H2,1-2H3/t12-/m1/s1. The highest BCUT2D eigenvalue weighted by Crippen LogP contribution is 2.28. The van der Waals surface area contributed by atoms with Crippen molar-refractivity contribution in [2.75, 3.05) is 19.7 Å². The van der Waals surface area contributed by atoms with Gasteiger partial charge >= 0.3 is 0 Å². The molecule has 0 saturated carbocycles. The largest absolute Gasteiger partial charge is 0.493 e. The van der Waals surface area contributed by atoms with Gasteiger partial charge < -0.3 is 15.0 Å². The maximum atomic E-state index is 11.4. The Morgan fingerprint density at radius 3 is 2.86 bits per heavy atom. The van der Waals surface area contributed by atoms with E-state index in [-0.39, 0.29) is 5.91 Å². The van der Waals surface area contributed by atoms with Crippen LogP contribution in [0.25, 0.3) is 0 Å². The zero-order chi connectivity index (χ0) is 14.8. The van der Waals surface area contributed by atoms with E-state index in [1.807, 2.05) is 4.90 Å². The van der Waals surface area contributed by atoms with Crippen LogP contribution in [-0.2, 0) is 11.2 Å². The quantitative estimate of drug-likeness (QED) is 0.928. The maximum Gasteiger partial charge on any atom is 0.219 e.